The number of amides is 1. The van der Waals surface area contributed by atoms with Crippen molar-refractivity contribution in [2.24, 2.45) is 0 Å². The highest BCUT2D eigenvalue weighted by Crippen LogP contribution is 2.41. The van der Waals surface area contributed by atoms with Crippen molar-refractivity contribution in [1.82, 2.24) is 0 Å². The van der Waals surface area contributed by atoms with Gasteiger partial charge < -0.3 is 11.1 Å². The van der Waals surface area contributed by atoms with Crippen LogP contribution < -0.4 is 11.1 Å². The molecule has 1 amide bonds. The van der Waals surface area contributed by atoms with Gasteiger partial charge in [0.2, 0.25) is 5.91 Å². The maximum absolute atomic E-state index is 12.6. The topological polar surface area (TPSA) is 55.1 Å². The van der Waals surface area contributed by atoms with E-state index in [1.807, 2.05) is 0 Å². The first-order valence-electron chi connectivity index (χ1n) is 4.18. The average molecular weight is 216 g/mol. The third-order valence-electron chi connectivity index (χ3n) is 2.24. The Bertz CT molecular complexity index is 440. The molecule has 1 aliphatic rings. The van der Waals surface area contributed by atoms with Gasteiger partial charge in [-0.1, -0.05) is 0 Å². The van der Waals surface area contributed by atoms with Crippen LogP contribution in [-0.4, -0.2) is 5.91 Å². The van der Waals surface area contributed by atoms with E-state index in [-0.39, 0.29) is 23.4 Å². The predicted octanol–water partition coefficient (Wildman–Crippen LogP) is 1.78. The van der Waals surface area contributed by atoms with E-state index in [4.69, 9.17) is 5.73 Å². The Labute approximate surface area is 83.1 Å². The summed E-state index contributed by atoms with van der Waals surface area (Å²) in [6.07, 6.45) is -4.79. The summed E-state index contributed by atoms with van der Waals surface area (Å²) in [5, 5.41) is 2.34. The van der Waals surface area contributed by atoms with Crippen LogP contribution in [0.5, 0.6) is 0 Å². The van der Waals surface area contributed by atoms with E-state index < -0.39 is 17.6 Å². The fraction of sp³-hybridized carbons (Fsp3) is 0.222. The van der Waals surface area contributed by atoms with Crippen LogP contribution >= 0.6 is 0 Å². The Morgan fingerprint density at radius 1 is 1.33 bits per heavy atom. The summed E-state index contributed by atoms with van der Waals surface area (Å²) < 4.78 is 37.8. The molecule has 0 bridgehead atoms. The van der Waals surface area contributed by atoms with E-state index >= 15 is 0 Å². The Balaban J connectivity index is 2.65. The summed E-state index contributed by atoms with van der Waals surface area (Å²) in [6, 6.07) is 2.53. The molecule has 1 aliphatic heterocycles. The van der Waals surface area contributed by atoms with Gasteiger partial charge in [-0.2, -0.15) is 13.2 Å². The number of hydrogen-bond acceptors (Lipinski definition) is 2. The van der Waals surface area contributed by atoms with Gasteiger partial charge in [0.05, 0.1) is 12.0 Å². The zero-order chi connectivity index (χ0) is 11.2. The molecule has 1 heterocycles. The lowest BCUT2D eigenvalue weighted by molar-refractivity contribution is -0.137. The van der Waals surface area contributed by atoms with Crippen LogP contribution in [-0.2, 0) is 17.4 Å². The van der Waals surface area contributed by atoms with Gasteiger partial charge in [-0.05, 0) is 17.7 Å². The Kier molecular flexibility index (Phi) is 1.89. The number of nitrogen functional groups attached to an aromatic ring is 1. The lowest BCUT2D eigenvalue weighted by Gasteiger charge is -2.13. The molecule has 0 atom stereocenters. The second kappa shape index (κ2) is 2.88. The van der Waals surface area contributed by atoms with Crippen molar-refractivity contribution in [3.63, 3.8) is 0 Å². The first kappa shape index (κ1) is 9.82. The Morgan fingerprint density at radius 2 is 2.00 bits per heavy atom. The number of hydrogen-bond donors (Lipinski definition) is 2. The zero-order valence-electron chi connectivity index (χ0n) is 7.48. The smallest absolute Gasteiger partial charge is 0.398 e. The molecule has 1 aromatic rings. The number of halogens is 3. The molecule has 80 valence electrons. The summed E-state index contributed by atoms with van der Waals surface area (Å²) in [4.78, 5) is 11.0. The second-order valence-electron chi connectivity index (χ2n) is 3.28. The van der Waals surface area contributed by atoms with Gasteiger partial charge in [0.1, 0.15) is 0 Å². The largest absolute Gasteiger partial charge is 0.418 e. The van der Waals surface area contributed by atoms with Crippen molar-refractivity contribution >= 4 is 17.3 Å². The van der Waals surface area contributed by atoms with Crippen molar-refractivity contribution in [3.05, 3.63) is 23.3 Å². The third-order valence-corrected chi connectivity index (χ3v) is 2.24. The lowest BCUT2D eigenvalue weighted by atomic mass is 10.0. The monoisotopic (exact) mass is 216 g/mol. The number of rotatable bonds is 0. The molecule has 0 spiro atoms. The molecule has 2 rings (SSSR count). The summed E-state index contributed by atoms with van der Waals surface area (Å²) >= 11 is 0. The van der Waals surface area contributed by atoms with Gasteiger partial charge in [0.15, 0.2) is 0 Å². The van der Waals surface area contributed by atoms with Crippen molar-refractivity contribution < 1.29 is 18.0 Å². The van der Waals surface area contributed by atoms with Crippen molar-refractivity contribution in [2.45, 2.75) is 12.6 Å². The Morgan fingerprint density at radius 3 is 2.60 bits per heavy atom. The van der Waals surface area contributed by atoms with E-state index in [0.29, 0.717) is 0 Å². The fourth-order valence-electron chi connectivity index (χ4n) is 1.66. The van der Waals surface area contributed by atoms with Gasteiger partial charge >= 0.3 is 6.18 Å². The molecule has 1 aromatic carbocycles. The molecule has 0 fully saturated rings. The van der Waals surface area contributed by atoms with E-state index in [2.05, 4.69) is 5.32 Å². The molecule has 0 radical (unpaired) electrons. The average Bonchev–Trinajstić information content (AvgIpc) is 2.41. The number of fused-ring (bicyclic) bond motifs is 1. The molecule has 6 heteroatoms. The molecule has 0 unspecified atom stereocenters. The Hall–Kier alpha value is -1.72. The molecule has 0 aliphatic carbocycles. The quantitative estimate of drug-likeness (QED) is 0.649. The minimum atomic E-state index is -4.53. The van der Waals surface area contributed by atoms with Gasteiger partial charge in [-0.3, -0.25) is 4.79 Å². The highest BCUT2D eigenvalue weighted by atomic mass is 19.4. The molecule has 0 saturated carbocycles. The number of carbonyl (C=O) groups is 1. The first-order chi connectivity index (χ1) is 6.89. The minimum Gasteiger partial charge on any atom is -0.398 e. The standard InChI is InChI=1S/C9H7F3N2O/c10-9(11,12)8-4-3-7(15)14-6(4)2-1-5(8)13/h1-2H,3,13H2,(H,14,15). The van der Waals surface area contributed by atoms with Crippen LogP contribution in [0.25, 0.3) is 0 Å². The SMILES string of the molecule is Nc1ccc2c(c1C(F)(F)F)CC(=O)N2. The van der Waals surface area contributed by atoms with Crippen LogP contribution in [0.2, 0.25) is 0 Å². The number of anilines is 2. The summed E-state index contributed by atoms with van der Waals surface area (Å²) in [5.74, 6) is -0.443. The maximum Gasteiger partial charge on any atom is 0.418 e. The highest BCUT2D eigenvalue weighted by Gasteiger charge is 2.38. The molecular weight excluding hydrogens is 209 g/mol. The third kappa shape index (κ3) is 1.51. The summed E-state index contributed by atoms with van der Waals surface area (Å²) in [5.41, 5.74) is 4.15. The molecule has 0 saturated heterocycles. The van der Waals surface area contributed by atoms with Crippen LogP contribution in [0.1, 0.15) is 11.1 Å². The lowest BCUT2D eigenvalue weighted by Crippen LogP contribution is -2.12. The molecule has 15 heavy (non-hydrogen) atoms. The van der Waals surface area contributed by atoms with E-state index in [1.54, 1.807) is 0 Å². The van der Waals surface area contributed by atoms with Crippen LogP contribution in [0.3, 0.4) is 0 Å². The van der Waals surface area contributed by atoms with Gasteiger partial charge in [-0.15, -0.1) is 0 Å². The van der Waals surface area contributed by atoms with Crippen molar-refractivity contribution in [3.8, 4) is 0 Å². The first-order valence-corrected chi connectivity index (χ1v) is 4.18. The minimum absolute atomic E-state index is 0.0625. The normalized spacial score (nSPS) is 15.0. The second-order valence-corrected chi connectivity index (χ2v) is 3.28. The number of nitrogens with one attached hydrogen (secondary N) is 1. The van der Waals surface area contributed by atoms with Gasteiger partial charge in [0.25, 0.3) is 0 Å². The number of nitrogens with two attached hydrogens (primary N) is 1. The van der Waals surface area contributed by atoms with E-state index in [1.165, 1.54) is 6.07 Å². The van der Waals surface area contributed by atoms with Crippen LogP contribution in [0.15, 0.2) is 12.1 Å². The van der Waals surface area contributed by atoms with E-state index in [0.717, 1.165) is 6.07 Å². The zero-order valence-corrected chi connectivity index (χ0v) is 7.48. The van der Waals surface area contributed by atoms with Crippen LogP contribution in [0.4, 0.5) is 24.5 Å². The fourth-order valence-corrected chi connectivity index (χ4v) is 1.66. The maximum atomic E-state index is 12.6. The molecule has 0 aromatic heterocycles. The number of alkyl halides is 3. The molecule has 3 N–H and O–H groups in total. The van der Waals surface area contributed by atoms with Crippen molar-refractivity contribution in [1.29, 1.82) is 0 Å². The van der Waals surface area contributed by atoms with E-state index in [9.17, 15) is 18.0 Å². The molecular formula is C9H7F3N2O. The van der Waals surface area contributed by atoms with Crippen molar-refractivity contribution in [2.75, 3.05) is 11.1 Å². The number of carbonyl (C=O) groups excluding carboxylic acids is 1. The number of benzene rings is 1. The predicted molar refractivity (Wildman–Crippen MR) is 48.2 cm³/mol. The summed E-state index contributed by atoms with van der Waals surface area (Å²) in [6.45, 7) is 0. The molecule has 3 nitrogen and oxygen atoms in total. The summed E-state index contributed by atoms with van der Waals surface area (Å²) in [7, 11) is 0. The van der Waals surface area contributed by atoms with Gasteiger partial charge in [-0.25, -0.2) is 0 Å². The van der Waals surface area contributed by atoms with Gasteiger partial charge in [0, 0.05) is 11.4 Å². The highest BCUT2D eigenvalue weighted by molar-refractivity contribution is 6.00. The van der Waals surface area contributed by atoms with Crippen LogP contribution in [0, 0.1) is 0 Å².